The Hall–Kier alpha value is -2.15. The Labute approximate surface area is 128 Å². The predicted octanol–water partition coefficient (Wildman–Crippen LogP) is 0.568. The number of halogens is 1. The second-order valence-electron chi connectivity index (χ2n) is 5.19. The number of hydrogen-bond acceptors (Lipinski definition) is 4. The summed E-state index contributed by atoms with van der Waals surface area (Å²) in [5.41, 5.74) is -1.08. The number of ether oxygens (including phenoxy) is 2. The first kappa shape index (κ1) is 16.2. The summed E-state index contributed by atoms with van der Waals surface area (Å²) in [6.07, 6.45) is 0. The van der Waals surface area contributed by atoms with E-state index in [1.165, 1.54) is 24.1 Å². The molecule has 0 bridgehead atoms. The lowest BCUT2D eigenvalue weighted by Gasteiger charge is -2.38. The van der Waals surface area contributed by atoms with Crippen molar-refractivity contribution in [3.8, 4) is 5.75 Å². The lowest BCUT2D eigenvalue weighted by molar-refractivity contribution is -0.163. The first-order chi connectivity index (χ1) is 10.5. The van der Waals surface area contributed by atoms with Gasteiger partial charge in [-0.1, -0.05) is 12.1 Å². The molecule has 22 heavy (non-hydrogen) atoms. The Balaban J connectivity index is 1.95. The van der Waals surface area contributed by atoms with Crippen molar-refractivity contribution in [3.63, 3.8) is 0 Å². The molecule has 6 nitrogen and oxygen atoms in total. The number of hydrogen-bond donors (Lipinski definition) is 1. The highest BCUT2D eigenvalue weighted by Crippen LogP contribution is 2.19. The number of carbonyl (C=O) groups is 2. The van der Waals surface area contributed by atoms with Crippen LogP contribution in [0.3, 0.4) is 0 Å². The number of nitrogens with zero attached hydrogens (tertiary/aromatic N) is 1. The Kier molecular flexibility index (Phi) is 4.97. The molecule has 120 valence electrons. The average molecular weight is 310 g/mol. The Bertz CT molecular complexity index is 566. The normalized spacial score (nSPS) is 21.3. The fraction of sp³-hybridized carbons (Fsp3) is 0.467. The van der Waals surface area contributed by atoms with E-state index in [4.69, 9.17) is 9.47 Å². The number of benzene rings is 1. The summed E-state index contributed by atoms with van der Waals surface area (Å²) in [7, 11) is 1.51. The van der Waals surface area contributed by atoms with Crippen molar-refractivity contribution < 1.29 is 23.5 Å². The van der Waals surface area contributed by atoms with Gasteiger partial charge in [0.05, 0.1) is 13.2 Å². The summed E-state index contributed by atoms with van der Waals surface area (Å²) in [6, 6.07) is 5.88. The third-order valence-electron chi connectivity index (χ3n) is 3.52. The number of nitrogens with one attached hydrogen (secondary N) is 1. The van der Waals surface area contributed by atoms with Crippen molar-refractivity contribution in [3.05, 3.63) is 30.1 Å². The van der Waals surface area contributed by atoms with E-state index in [0.29, 0.717) is 6.54 Å². The molecule has 1 N–H and O–H groups in total. The maximum atomic E-state index is 13.4. The maximum absolute atomic E-state index is 13.4. The molecular formula is C15H19FN2O4. The van der Waals surface area contributed by atoms with Crippen molar-refractivity contribution in [2.24, 2.45) is 0 Å². The molecule has 1 aliphatic heterocycles. The molecule has 7 heteroatoms. The molecular weight excluding hydrogens is 291 g/mol. The van der Waals surface area contributed by atoms with Crippen LogP contribution in [0.5, 0.6) is 5.75 Å². The van der Waals surface area contributed by atoms with Crippen LogP contribution in [0.4, 0.5) is 4.39 Å². The van der Waals surface area contributed by atoms with Crippen LogP contribution >= 0.6 is 0 Å². The third-order valence-corrected chi connectivity index (χ3v) is 3.52. The minimum Gasteiger partial charge on any atom is -0.481 e. The second-order valence-corrected chi connectivity index (χ2v) is 5.19. The van der Waals surface area contributed by atoms with Crippen LogP contribution in [0.2, 0.25) is 0 Å². The number of morpholine rings is 1. The van der Waals surface area contributed by atoms with Gasteiger partial charge in [0, 0.05) is 13.6 Å². The fourth-order valence-corrected chi connectivity index (χ4v) is 2.28. The summed E-state index contributed by atoms with van der Waals surface area (Å²) in [5.74, 6) is -1.10. The first-order valence-electron chi connectivity index (χ1n) is 6.97. The van der Waals surface area contributed by atoms with Crippen LogP contribution < -0.4 is 10.1 Å². The third kappa shape index (κ3) is 3.54. The van der Waals surface area contributed by atoms with E-state index in [0.717, 1.165) is 0 Å². The summed E-state index contributed by atoms with van der Waals surface area (Å²) in [6.45, 7) is 2.10. The van der Waals surface area contributed by atoms with Crippen LogP contribution in [-0.2, 0) is 14.3 Å². The van der Waals surface area contributed by atoms with E-state index < -0.39 is 11.4 Å². The van der Waals surface area contributed by atoms with Gasteiger partial charge in [0.15, 0.2) is 23.8 Å². The molecule has 0 aromatic heterocycles. The molecule has 1 heterocycles. The van der Waals surface area contributed by atoms with E-state index in [1.54, 1.807) is 19.1 Å². The fourth-order valence-electron chi connectivity index (χ4n) is 2.28. The van der Waals surface area contributed by atoms with Crippen LogP contribution in [0, 0.1) is 5.82 Å². The van der Waals surface area contributed by atoms with Gasteiger partial charge >= 0.3 is 0 Å². The summed E-state index contributed by atoms with van der Waals surface area (Å²) in [4.78, 5) is 25.5. The van der Waals surface area contributed by atoms with Crippen molar-refractivity contribution in [2.45, 2.75) is 12.5 Å². The molecule has 0 unspecified atom stereocenters. The van der Waals surface area contributed by atoms with Crippen LogP contribution in [0.1, 0.15) is 6.92 Å². The predicted molar refractivity (Wildman–Crippen MR) is 76.9 cm³/mol. The molecule has 1 atom stereocenters. The van der Waals surface area contributed by atoms with Gasteiger partial charge in [0.25, 0.3) is 11.8 Å². The van der Waals surface area contributed by atoms with Crippen molar-refractivity contribution in [1.29, 1.82) is 0 Å². The zero-order valence-electron chi connectivity index (χ0n) is 12.6. The van der Waals surface area contributed by atoms with Gasteiger partial charge in [0.1, 0.15) is 0 Å². The van der Waals surface area contributed by atoms with Gasteiger partial charge in [-0.3, -0.25) is 9.59 Å². The van der Waals surface area contributed by atoms with Crippen LogP contribution in [0.15, 0.2) is 24.3 Å². The Morgan fingerprint density at radius 3 is 2.86 bits per heavy atom. The van der Waals surface area contributed by atoms with Crippen LogP contribution in [0.25, 0.3) is 0 Å². The monoisotopic (exact) mass is 310 g/mol. The van der Waals surface area contributed by atoms with E-state index in [1.807, 2.05) is 0 Å². The van der Waals surface area contributed by atoms with Gasteiger partial charge in [-0.05, 0) is 19.1 Å². The van der Waals surface area contributed by atoms with Gasteiger partial charge in [-0.2, -0.15) is 0 Å². The smallest absolute Gasteiger partial charge is 0.260 e. The molecule has 1 aromatic rings. The maximum Gasteiger partial charge on any atom is 0.260 e. The van der Waals surface area contributed by atoms with Gasteiger partial charge < -0.3 is 19.7 Å². The molecule has 1 saturated heterocycles. The number of rotatable bonds is 4. The standard InChI is InChI=1S/C15H19FN2O4/c1-15(14(20)17-2)10-18(7-8-22-15)13(19)9-21-12-6-4-3-5-11(12)16/h3-6H,7-10H2,1-2H3,(H,17,20)/t15-/m0/s1. The summed E-state index contributed by atoms with van der Waals surface area (Å²) >= 11 is 0. The largest absolute Gasteiger partial charge is 0.481 e. The molecule has 2 rings (SSSR count). The van der Waals surface area contributed by atoms with Crippen molar-refractivity contribution >= 4 is 11.8 Å². The molecule has 1 aliphatic rings. The van der Waals surface area contributed by atoms with Gasteiger partial charge in [-0.15, -0.1) is 0 Å². The molecule has 1 fully saturated rings. The zero-order chi connectivity index (χ0) is 16.2. The highest BCUT2D eigenvalue weighted by Gasteiger charge is 2.40. The Morgan fingerprint density at radius 2 is 2.18 bits per heavy atom. The minimum atomic E-state index is -1.08. The van der Waals surface area contributed by atoms with E-state index >= 15 is 0 Å². The van der Waals surface area contributed by atoms with Gasteiger partial charge in [-0.25, -0.2) is 4.39 Å². The number of para-hydroxylation sites is 1. The Morgan fingerprint density at radius 1 is 1.45 bits per heavy atom. The molecule has 1 aromatic carbocycles. The van der Waals surface area contributed by atoms with E-state index in [2.05, 4.69) is 5.32 Å². The summed E-state index contributed by atoms with van der Waals surface area (Å²) in [5, 5.41) is 2.52. The minimum absolute atomic E-state index is 0.0261. The molecule has 0 spiro atoms. The SMILES string of the molecule is CNC(=O)[C@]1(C)CN(C(=O)COc2ccccc2F)CCO1. The molecule has 0 saturated carbocycles. The van der Waals surface area contributed by atoms with Crippen LogP contribution in [-0.4, -0.2) is 55.7 Å². The highest BCUT2D eigenvalue weighted by molar-refractivity contribution is 5.86. The molecule has 0 aliphatic carbocycles. The number of likely N-dealkylation sites (N-methyl/N-ethyl adjacent to an activating group) is 1. The molecule has 0 radical (unpaired) electrons. The zero-order valence-corrected chi connectivity index (χ0v) is 12.6. The van der Waals surface area contributed by atoms with E-state index in [9.17, 15) is 14.0 Å². The first-order valence-corrected chi connectivity index (χ1v) is 6.97. The molecule has 2 amide bonds. The summed E-state index contributed by atoms with van der Waals surface area (Å²) < 4.78 is 24.1. The quantitative estimate of drug-likeness (QED) is 0.883. The van der Waals surface area contributed by atoms with Crippen molar-refractivity contribution in [1.82, 2.24) is 10.2 Å². The van der Waals surface area contributed by atoms with Crippen molar-refractivity contribution in [2.75, 3.05) is 33.4 Å². The lowest BCUT2D eigenvalue weighted by Crippen LogP contribution is -2.59. The second kappa shape index (κ2) is 6.74. The number of amides is 2. The topological polar surface area (TPSA) is 67.9 Å². The average Bonchev–Trinajstić information content (AvgIpc) is 2.53. The van der Waals surface area contributed by atoms with Gasteiger partial charge in [0.2, 0.25) is 0 Å². The highest BCUT2D eigenvalue weighted by atomic mass is 19.1. The number of carbonyl (C=O) groups excluding carboxylic acids is 2. The van der Waals surface area contributed by atoms with E-state index in [-0.39, 0.29) is 37.3 Å². The lowest BCUT2D eigenvalue weighted by atomic mass is 10.0.